The average molecular weight is 629 g/mol. The van der Waals surface area contributed by atoms with Crippen LogP contribution in [-0.2, 0) is 11.4 Å². The number of nitrogens with one attached hydrogen (secondary N) is 1. The van der Waals surface area contributed by atoms with Crippen molar-refractivity contribution in [1.82, 2.24) is 5.32 Å². The molecule has 5 nitrogen and oxygen atoms in total. The minimum Gasteiger partial charge on any atom is -0.493 e. The van der Waals surface area contributed by atoms with Gasteiger partial charge in [0.05, 0.1) is 21.3 Å². The molecule has 10 heteroatoms. The number of thioether (sulfide) groups is 1. The molecule has 4 rings (SSSR count). The van der Waals surface area contributed by atoms with Crippen LogP contribution in [0.2, 0.25) is 10.0 Å². The molecule has 174 valence electrons. The van der Waals surface area contributed by atoms with E-state index >= 15 is 0 Å². The van der Waals surface area contributed by atoms with Gasteiger partial charge in [0.2, 0.25) is 0 Å². The molecular weight excluding hydrogens is 613 g/mol. The van der Waals surface area contributed by atoms with Crippen LogP contribution < -0.4 is 14.8 Å². The fourth-order valence-electron chi connectivity index (χ4n) is 3.02. The lowest BCUT2D eigenvalue weighted by atomic mass is 10.2. The van der Waals surface area contributed by atoms with Gasteiger partial charge in [0.1, 0.15) is 12.4 Å². The topological polar surface area (TPSA) is 59.9 Å². The minimum atomic E-state index is -0.347. The number of hydrogen-bond acceptors (Lipinski definition) is 5. The highest BCUT2D eigenvalue weighted by Gasteiger charge is 2.24. The molecule has 0 atom stereocenters. The van der Waals surface area contributed by atoms with E-state index < -0.39 is 0 Å². The van der Waals surface area contributed by atoms with Crippen molar-refractivity contribution in [3.63, 3.8) is 0 Å². The second kappa shape index (κ2) is 11.0. The maximum Gasteiger partial charge on any atom is 0.264 e. The van der Waals surface area contributed by atoms with Gasteiger partial charge in [-0.05, 0) is 94.5 Å². The van der Waals surface area contributed by atoms with Crippen molar-refractivity contribution >= 4 is 80.4 Å². The Balaban J connectivity index is 1.53. The van der Waals surface area contributed by atoms with Crippen molar-refractivity contribution < 1.29 is 18.7 Å². The minimum absolute atomic E-state index is 0.240. The number of rotatable bonds is 6. The number of benzene rings is 3. The van der Waals surface area contributed by atoms with Crippen LogP contribution in [0.15, 0.2) is 64.5 Å². The molecule has 34 heavy (non-hydrogen) atoms. The Bertz CT molecular complexity index is 1320. The predicted octanol–water partition coefficient (Wildman–Crippen LogP) is 7.22. The van der Waals surface area contributed by atoms with Gasteiger partial charge in [-0.2, -0.15) is 0 Å². The van der Waals surface area contributed by atoms with Gasteiger partial charge in [0.15, 0.2) is 16.7 Å². The Morgan fingerprint density at radius 1 is 1.15 bits per heavy atom. The predicted molar refractivity (Wildman–Crippen MR) is 144 cm³/mol. The number of carbonyl (C=O) groups excluding carboxylic acids is 1. The molecule has 0 bridgehead atoms. The number of methoxy groups -OCH3 is 1. The van der Waals surface area contributed by atoms with Gasteiger partial charge in [-0.1, -0.05) is 29.3 Å². The standard InChI is InChI=1S/C24H16Cl2FIN2O3S/c1-32-20-9-13(8-19(28)22(20)33-12-14-2-3-15(25)11-18(14)26)10-21-23(31)30-24(34-21)29-17-6-4-16(27)5-7-17/h2-11H,12H2,1H3,(H,29,30,31)/b21-10+. The van der Waals surface area contributed by atoms with Crippen LogP contribution in [-0.4, -0.2) is 18.2 Å². The molecule has 0 unspecified atom stereocenters. The Kier molecular flexibility index (Phi) is 8.02. The van der Waals surface area contributed by atoms with Crippen LogP contribution >= 0.6 is 57.6 Å². The maximum atomic E-state index is 13.1. The monoisotopic (exact) mass is 628 g/mol. The molecule has 1 heterocycles. The number of amides is 1. The van der Waals surface area contributed by atoms with Crippen LogP contribution in [0.3, 0.4) is 0 Å². The van der Waals surface area contributed by atoms with E-state index in [1.807, 2.05) is 12.1 Å². The first-order chi connectivity index (χ1) is 16.3. The zero-order chi connectivity index (χ0) is 24.2. The summed E-state index contributed by atoms with van der Waals surface area (Å²) in [5, 5.41) is 4.21. The molecule has 1 aliphatic heterocycles. The van der Waals surface area contributed by atoms with Gasteiger partial charge in [-0.25, -0.2) is 9.38 Å². The summed E-state index contributed by atoms with van der Waals surface area (Å²) in [5.41, 5.74) is 2.10. The average Bonchev–Trinajstić information content (AvgIpc) is 3.13. The van der Waals surface area contributed by atoms with E-state index in [1.54, 1.807) is 43.5 Å². The molecule has 3 aromatic rings. The Hall–Kier alpha value is -2.27. The van der Waals surface area contributed by atoms with Crippen molar-refractivity contribution in [2.75, 3.05) is 7.11 Å². The van der Waals surface area contributed by atoms with E-state index in [0.717, 1.165) is 14.7 Å². The van der Waals surface area contributed by atoms with E-state index in [2.05, 4.69) is 32.9 Å². The second-order valence-electron chi connectivity index (χ2n) is 7.02. The molecule has 1 N–H and O–H groups in total. The number of hydrogen-bond donors (Lipinski definition) is 1. The van der Waals surface area contributed by atoms with Crippen molar-refractivity contribution in [3.8, 4) is 11.5 Å². The van der Waals surface area contributed by atoms with Crippen molar-refractivity contribution in [3.05, 3.63) is 90.1 Å². The van der Waals surface area contributed by atoms with E-state index in [1.165, 1.54) is 23.9 Å². The smallest absolute Gasteiger partial charge is 0.264 e. The SMILES string of the molecule is COc1cc(/C=C2/SC(=Nc3ccc(F)cc3)NC2=O)cc(I)c1OCc1ccc(Cl)cc1Cl. The van der Waals surface area contributed by atoms with E-state index in [4.69, 9.17) is 32.7 Å². The summed E-state index contributed by atoms with van der Waals surface area (Å²) in [6.07, 6.45) is 1.75. The Morgan fingerprint density at radius 3 is 2.62 bits per heavy atom. The molecule has 1 fully saturated rings. The van der Waals surface area contributed by atoms with Crippen LogP contribution in [0.4, 0.5) is 10.1 Å². The highest BCUT2D eigenvalue weighted by molar-refractivity contribution is 14.1. The van der Waals surface area contributed by atoms with Crippen LogP contribution in [0, 0.1) is 9.39 Å². The lowest BCUT2D eigenvalue weighted by molar-refractivity contribution is -0.115. The molecule has 1 saturated heterocycles. The summed E-state index contributed by atoms with van der Waals surface area (Å²) < 4.78 is 25.4. The van der Waals surface area contributed by atoms with Gasteiger partial charge in [0, 0.05) is 15.6 Å². The molecule has 0 aromatic heterocycles. The molecule has 1 aliphatic rings. The highest BCUT2D eigenvalue weighted by atomic mass is 127. The highest BCUT2D eigenvalue weighted by Crippen LogP contribution is 2.37. The molecule has 1 amide bonds. The van der Waals surface area contributed by atoms with Crippen LogP contribution in [0.25, 0.3) is 6.08 Å². The molecule has 0 spiro atoms. The first-order valence-electron chi connectivity index (χ1n) is 9.82. The summed E-state index contributed by atoms with van der Waals surface area (Å²) >= 11 is 15.6. The second-order valence-corrected chi connectivity index (χ2v) is 10.1. The first-order valence-corrected chi connectivity index (χ1v) is 12.5. The Morgan fingerprint density at radius 2 is 1.91 bits per heavy atom. The normalized spacial score (nSPS) is 15.6. The van der Waals surface area contributed by atoms with Gasteiger partial charge in [-0.3, -0.25) is 4.79 Å². The van der Waals surface area contributed by atoms with Gasteiger partial charge >= 0.3 is 0 Å². The molecule has 0 radical (unpaired) electrons. The fraction of sp³-hybridized carbons (Fsp3) is 0.0833. The summed E-state index contributed by atoms with van der Waals surface area (Å²) in [4.78, 5) is 17.3. The van der Waals surface area contributed by atoms with E-state index in [0.29, 0.717) is 37.3 Å². The number of ether oxygens (including phenoxy) is 2. The lowest BCUT2D eigenvalue weighted by Crippen LogP contribution is -2.19. The van der Waals surface area contributed by atoms with Crippen molar-refractivity contribution in [1.29, 1.82) is 0 Å². The Labute approximate surface area is 223 Å². The number of aliphatic imine (C=N–C) groups is 1. The van der Waals surface area contributed by atoms with E-state index in [9.17, 15) is 9.18 Å². The third-order valence-electron chi connectivity index (χ3n) is 4.64. The third kappa shape index (κ3) is 6.04. The van der Waals surface area contributed by atoms with Gasteiger partial charge in [0.25, 0.3) is 5.91 Å². The summed E-state index contributed by atoms with van der Waals surface area (Å²) in [6, 6.07) is 14.6. The summed E-state index contributed by atoms with van der Waals surface area (Å²) in [5.74, 6) is 0.475. The van der Waals surface area contributed by atoms with E-state index in [-0.39, 0.29) is 18.3 Å². The lowest BCUT2D eigenvalue weighted by Gasteiger charge is -2.14. The number of nitrogens with zero attached hydrogens (tertiary/aromatic N) is 1. The van der Waals surface area contributed by atoms with Crippen molar-refractivity contribution in [2.24, 2.45) is 4.99 Å². The number of amidine groups is 1. The third-order valence-corrected chi connectivity index (χ3v) is 6.94. The fourth-order valence-corrected chi connectivity index (χ4v) is 5.10. The zero-order valence-electron chi connectivity index (χ0n) is 17.6. The molecule has 0 aliphatic carbocycles. The summed E-state index contributed by atoms with van der Waals surface area (Å²) in [7, 11) is 1.55. The van der Waals surface area contributed by atoms with Crippen LogP contribution in [0.5, 0.6) is 11.5 Å². The number of carbonyl (C=O) groups is 1. The molecule has 0 saturated carbocycles. The maximum absolute atomic E-state index is 13.1. The largest absolute Gasteiger partial charge is 0.493 e. The van der Waals surface area contributed by atoms with Gasteiger partial charge in [-0.15, -0.1) is 0 Å². The first kappa shape index (κ1) is 24.8. The summed E-state index contributed by atoms with van der Waals surface area (Å²) in [6.45, 7) is 0.240. The zero-order valence-corrected chi connectivity index (χ0v) is 22.1. The van der Waals surface area contributed by atoms with Gasteiger partial charge < -0.3 is 14.8 Å². The molecule has 3 aromatic carbocycles. The number of halogens is 4. The van der Waals surface area contributed by atoms with Crippen molar-refractivity contribution in [2.45, 2.75) is 6.61 Å². The molecular formula is C24H16Cl2FIN2O3S. The quantitative estimate of drug-likeness (QED) is 0.231. The van der Waals surface area contributed by atoms with Crippen LogP contribution in [0.1, 0.15) is 11.1 Å².